The van der Waals surface area contributed by atoms with E-state index in [4.69, 9.17) is 0 Å². The highest BCUT2D eigenvalue weighted by Crippen LogP contribution is 2.24. The smallest absolute Gasteiger partial charge is 0.147 e. The van der Waals surface area contributed by atoms with Crippen molar-refractivity contribution in [2.24, 2.45) is 5.92 Å². The monoisotopic (exact) mass is 221 g/mol. The SMILES string of the molecule is CCC(C)CNc1ncnc2ccsc12. The molecule has 0 saturated heterocycles. The van der Waals surface area contributed by atoms with Gasteiger partial charge in [-0.3, -0.25) is 0 Å². The number of anilines is 1. The summed E-state index contributed by atoms with van der Waals surface area (Å²) in [6.07, 6.45) is 2.81. The van der Waals surface area contributed by atoms with Gasteiger partial charge in [-0.25, -0.2) is 9.97 Å². The van der Waals surface area contributed by atoms with Gasteiger partial charge in [-0.05, 0) is 17.4 Å². The molecule has 2 aromatic rings. The maximum atomic E-state index is 4.27. The Balaban J connectivity index is 2.17. The summed E-state index contributed by atoms with van der Waals surface area (Å²) >= 11 is 1.69. The van der Waals surface area contributed by atoms with Gasteiger partial charge in [-0.1, -0.05) is 20.3 Å². The Kier molecular flexibility index (Phi) is 3.16. The van der Waals surface area contributed by atoms with E-state index < -0.39 is 0 Å². The molecule has 1 atom stereocenters. The lowest BCUT2D eigenvalue weighted by molar-refractivity contribution is 0.593. The summed E-state index contributed by atoms with van der Waals surface area (Å²) in [6.45, 7) is 5.41. The largest absolute Gasteiger partial charge is 0.369 e. The van der Waals surface area contributed by atoms with Gasteiger partial charge in [-0.2, -0.15) is 0 Å². The second-order valence-corrected chi connectivity index (χ2v) is 4.67. The lowest BCUT2D eigenvalue weighted by atomic mass is 10.1. The fraction of sp³-hybridized carbons (Fsp3) is 0.455. The van der Waals surface area contributed by atoms with Crippen LogP contribution in [0.3, 0.4) is 0 Å². The molecule has 1 unspecified atom stereocenters. The first-order valence-electron chi connectivity index (χ1n) is 5.23. The van der Waals surface area contributed by atoms with E-state index >= 15 is 0 Å². The molecule has 3 nitrogen and oxygen atoms in total. The Labute approximate surface area is 93.6 Å². The van der Waals surface area contributed by atoms with Crippen molar-refractivity contribution in [3.05, 3.63) is 17.8 Å². The second-order valence-electron chi connectivity index (χ2n) is 3.75. The molecule has 0 fully saturated rings. The Morgan fingerprint density at radius 1 is 1.47 bits per heavy atom. The minimum Gasteiger partial charge on any atom is -0.369 e. The Morgan fingerprint density at radius 2 is 2.33 bits per heavy atom. The lowest BCUT2D eigenvalue weighted by Crippen LogP contribution is -2.11. The molecular formula is C11H15N3S. The van der Waals surface area contributed by atoms with Crippen LogP contribution in [-0.4, -0.2) is 16.5 Å². The minimum atomic E-state index is 0.676. The predicted octanol–water partition coefficient (Wildman–Crippen LogP) is 3.15. The van der Waals surface area contributed by atoms with Gasteiger partial charge >= 0.3 is 0 Å². The maximum Gasteiger partial charge on any atom is 0.147 e. The van der Waals surface area contributed by atoms with Crippen LogP contribution in [0.4, 0.5) is 5.82 Å². The zero-order valence-corrected chi connectivity index (χ0v) is 9.84. The van der Waals surface area contributed by atoms with E-state index in [1.165, 1.54) is 6.42 Å². The molecule has 0 aromatic carbocycles. The van der Waals surface area contributed by atoms with Crippen molar-refractivity contribution in [2.75, 3.05) is 11.9 Å². The standard InChI is InChI=1S/C11H15N3S/c1-3-8(2)6-12-11-10-9(4-5-15-10)13-7-14-11/h4-5,7-8H,3,6H2,1-2H3,(H,12,13,14). The third kappa shape index (κ3) is 2.26. The molecule has 0 spiro atoms. The number of hydrogen-bond acceptors (Lipinski definition) is 4. The van der Waals surface area contributed by atoms with E-state index in [0.717, 1.165) is 22.6 Å². The Hall–Kier alpha value is -1.16. The van der Waals surface area contributed by atoms with Gasteiger partial charge in [0.2, 0.25) is 0 Å². The van der Waals surface area contributed by atoms with Crippen LogP contribution in [0.1, 0.15) is 20.3 Å². The van der Waals surface area contributed by atoms with Crippen LogP contribution in [0, 0.1) is 5.92 Å². The van der Waals surface area contributed by atoms with Crippen LogP contribution in [0.5, 0.6) is 0 Å². The summed E-state index contributed by atoms with van der Waals surface area (Å²) in [5.74, 6) is 1.64. The number of nitrogens with one attached hydrogen (secondary N) is 1. The fourth-order valence-electron chi connectivity index (χ4n) is 1.33. The summed E-state index contributed by atoms with van der Waals surface area (Å²) in [7, 11) is 0. The molecule has 2 aromatic heterocycles. The number of aromatic nitrogens is 2. The number of hydrogen-bond donors (Lipinski definition) is 1. The molecular weight excluding hydrogens is 206 g/mol. The minimum absolute atomic E-state index is 0.676. The van der Waals surface area contributed by atoms with Crippen molar-refractivity contribution in [1.29, 1.82) is 0 Å². The number of fused-ring (bicyclic) bond motifs is 1. The van der Waals surface area contributed by atoms with Crippen LogP contribution in [0.25, 0.3) is 10.2 Å². The number of thiophene rings is 1. The van der Waals surface area contributed by atoms with Crippen LogP contribution in [0.2, 0.25) is 0 Å². The summed E-state index contributed by atoms with van der Waals surface area (Å²) in [6, 6.07) is 2.02. The molecule has 0 aliphatic rings. The predicted molar refractivity (Wildman–Crippen MR) is 65.4 cm³/mol. The highest BCUT2D eigenvalue weighted by molar-refractivity contribution is 7.17. The van der Waals surface area contributed by atoms with E-state index in [1.807, 2.05) is 11.4 Å². The molecule has 4 heteroatoms. The molecule has 1 N–H and O–H groups in total. The highest BCUT2D eigenvalue weighted by Gasteiger charge is 2.05. The molecule has 0 aliphatic heterocycles. The molecule has 80 valence electrons. The van der Waals surface area contributed by atoms with Crippen LogP contribution < -0.4 is 5.32 Å². The topological polar surface area (TPSA) is 37.8 Å². The normalized spacial score (nSPS) is 12.9. The van der Waals surface area contributed by atoms with Gasteiger partial charge in [0.25, 0.3) is 0 Å². The zero-order valence-electron chi connectivity index (χ0n) is 9.03. The molecule has 0 bridgehead atoms. The van der Waals surface area contributed by atoms with Gasteiger partial charge in [0.1, 0.15) is 12.1 Å². The third-order valence-electron chi connectivity index (χ3n) is 2.56. The van der Waals surface area contributed by atoms with Gasteiger partial charge in [0.05, 0.1) is 10.2 Å². The van der Waals surface area contributed by atoms with E-state index in [-0.39, 0.29) is 0 Å². The Bertz CT molecular complexity index is 438. The molecule has 2 rings (SSSR count). The fourth-order valence-corrected chi connectivity index (χ4v) is 2.14. The Morgan fingerprint density at radius 3 is 3.13 bits per heavy atom. The van der Waals surface area contributed by atoms with E-state index in [1.54, 1.807) is 17.7 Å². The van der Waals surface area contributed by atoms with Crippen LogP contribution in [0.15, 0.2) is 17.8 Å². The van der Waals surface area contributed by atoms with Crippen LogP contribution >= 0.6 is 11.3 Å². The summed E-state index contributed by atoms with van der Waals surface area (Å²) < 4.78 is 1.15. The number of nitrogens with zero attached hydrogens (tertiary/aromatic N) is 2. The average Bonchev–Trinajstić information content (AvgIpc) is 2.74. The van der Waals surface area contributed by atoms with Crippen molar-refractivity contribution in [1.82, 2.24) is 9.97 Å². The first-order valence-corrected chi connectivity index (χ1v) is 6.11. The quantitative estimate of drug-likeness (QED) is 0.861. The second kappa shape index (κ2) is 4.57. The van der Waals surface area contributed by atoms with Gasteiger partial charge in [0, 0.05) is 6.54 Å². The van der Waals surface area contributed by atoms with Crippen molar-refractivity contribution in [3.8, 4) is 0 Å². The average molecular weight is 221 g/mol. The van der Waals surface area contributed by atoms with Gasteiger partial charge in [-0.15, -0.1) is 11.3 Å². The first kappa shape index (κ1) is 10.4. The summed E-state index contributed by atoms with van der Waals surface area (Å²) in [4.78, 5) is 8.48. The van der Waals surface area contributed by atoms with Crippen molar-refractivity contribution >= 4 is 27.4 Å². The molecule has 0 radical (unpaired) electrons. The molecule has 2 heterocycles. The summed E-state index contributed by atoms with van der Waals surface area (Å²) in [5, 5.41) is 5.43. The highest BCUT2D eigenvalue weighted by atomic mass is 32.1. The van der Waals surface area contributed by atoms with Gasteiger partial charge in [0.15, 0.2) is 0 Å². The zero-order chi connectivity index (χ0) is 10.7. The van der Waals surface area contributed by atoms with Crippen LogP contribution in [-0.2, 0) is 0 Å². The van der Waals surface area contributed by atoms with Crippen molar-refractivity contribution in [3.63, 3.8) is 0 Å². The lowest BCUT2D eigenvalue weighted by Gasteiger charge is -2.10. The maximum absolute atomic E-state index is 4.27. The van der Waals surface area contributed by atoms with Crippen molar-refractivity contribution in [2.45, 2.75) is 20.3 Å². The first-order chi connectivity index (χ1) is 7.31. The molecule has 0 saturated carbocycles. The number of rotatable bonds is 4. The van der Waals surface area contributed by atoms with E-state index in [2.05, 4.69) is 29.1 Å². The molecule has 0 aliphatic carbocycles. The summed E-state index contributed by atoms with van der Waals surface area (Å²) in [5.41, 5.74) is 1.03. The molecule has 15 heavy (non-hydrogen) atoms. The molecule has 0 amide bonds. The third-order valence-corrected chi connectivity index (χ3v) is 3.47. The van der Waals surface area contributed by atoms with E-state index in [9.17, 15) is 0 Å². The van der Waals surface area contributed by atoms with Gasteiger partial charge < -0.3 is 5.32 Å². The van der Waals surface area contributed by atoms with Crippen molar-refractivity contribution < 1.29 is 0 Å². The van der Waals surface area contributed by atoms with E-state index in [0.29, 0.717) is 5.92 Å².